The number of anilines is 1. The summed E-state index contributed by atoms with van der Waals surface area (Å²) in [6.45, 7) is 0.216. The molecule has 1 aromatic heterocycles. The van der Waals surface area contributed by atoms with Gasteiger partial charge in [0.05, 0.1) is 17.3 Å². The van der Waals surface area contributed by atoms with Gasteiger partial charge in [-0.2, -0.15) is 0 Å². The van der Waals surface area contributed by atoms with Gasteiger partial charge in [-0.3, -0.25) is 19.3 Å². The van der Waals surface area contributed by atoms with Crippen molar-refractivity contribution < 1.29 is 14.4 Å². The van der Waals surface area contributed by atoms with Crippen molar-refractivity contribution >= 4 is 34.3 Å². The molecule has 37 heavy (non-hydrogen) atoms. The molecule has 1 aliphatic carbocycles. The maximum Gasteiger partial charge on any atom is 0.260 e. The van der Waals surface area contributed by atoms with E-state index in [0.29, 0.717) is 16.8 Å². The monoisotopic (exact) mass is 490 g/mol. The third-order valence-corrected chi connectivity index (χ3v) is 7.91. The predicted molar refractivity (Wildman–Crippen MR) is 140 cm³/mol. The normalized spacial score (nSPS) is 19.9. The molecule has 2 N–H and O–H groups in total. The zero-order chi connectivity index (χ0) is 25.1. The van der Waals surface area contributed by atoms with Gasteiger partial charge >= 0.3 is 0 Å². The van der Waals surface area contributed by atoms with Gasteiger partial charge in [0.1, 0.15) is 6.17 Å². The standard InChI is InChI=1S/C30H26N4O3/c35-26(31-24-14-7-12-19-18-8-3-5-13-23(18)32-27(19)24)16-17-33-28-20-9-1-2-10-21(20)30(37)34(28)25-15-6-4-11-22(25)29(33)36/h1-6,8-11,13,15,24,28,32H,7,12,14,16-17H2,(H,31,35)/t24-,28+/m0/s1. The van der Waals surface area contributed by atoms with Crippen LogP contribution in [0.25, 0.3) is 10.9 Å². The first-order chi connectivity index (χ1) is 18.1. The lowest BCUT2D eigenvalue weighted by Crippen LogP contribution is -2.49. The molecule has 0 unspecified atom stereocenters. The first-order valence-electron chi connectivity index (χ1n) is 12.8. The molecule has 2 atom stereocenters. The topological polar surface area (TPSA) is 85.5 Å². The van der Waals surface area contributed by atoms with E-state index in [-0.39, 0.29) is 36.7 Å². The second-order valence-corrected chi connectivity index (χ2v) is 9.98. The van der Waals surface area contributed by atoms with Gasteiger partial charge in [0, 0.05) is 40.7 Å². The lowest BCUT2D eigenvalue weighted by atomic mass is 9.91. The van der Waals surface area contributed by atoms with Crippen LogP contribution in [0.1, 0.15) is 69.0 Å². The Morgan fingerprint density at radius 1 is 0.919 bits per heavy atom. The largest absolute Gasteiger partial charge is 0.356 e. The number of hydrogen-bond acceptors (Lipinski definition) is 3. The average molecular weight is 491 g/mol. The van der Waals surface area contributed by atoms with Crippen LogP contribution >= 0.6 is 0 Å². The number of para-hydroxylation sites is 2. The first-order valence-corrected chi connectivity index (χ1v) is 12.8. The number of hydrogen-bond donors (Lipinski definition) is 2. The highest BCUT2D eigenvalue weighted by atomic mass is 16.2. The molecule has 3 aliphatic rings. The fraction of sp³-hybridized carbons (Fsp3) is 0.233. The van der Waals surface area contributed by atoms with E-state index in [1.165, 1.54) is 10.9 Å². The number of carbonyl (C=O) groups is 3. The van der Waals surface area contributed by atoms with Crippen LogP contribution in [0.4, 0.5) is 5.69 Å². The fourth-order valence-electron chi connectivity index (χ4n) is 6.25. The van der Waals surface area contributed by atoms with Crippen LogP contribution in [-0.4, -0.2) is 34.2 Å². The van der Waals surface area contributed by atoms with Crippen molar-refractivity contribution in [1.82, 2.24) is 15.2 Å². The Balaban J connectivity index is 1.15. The Bertz CT molecular complexity index is 1590. The van der Waals surface area contributed by atoms with E-state index in [4.69, 9.17) is 0 Å². The summed E-state index contributed by atoms with van der Waals surface area (Å²) in [5.74, 6) is -0.388. The fourth-order valence-corrected chi connectivity index (χ4v) is 6.25. The molecule has 0 saturated heterocycles. The summed E-state index contributed by atoms with van der Waals surface area (Å²) in [5, 5.41) is 4.43. The predicted octanol–water partition coefficient (Wildman–Crippen LogP) is 4.87. The molecule has 184 valence electrons. The minimum absolute atomic E-state index is 0.0771. The Kier molecular flexibility index (Phi) is 4.92. The van der Waals surface area contributed by atoms with Gasteiger partial charge < -0.3 is 15.2 Å². The SMILES string of the molecule is O=C(CCN1C(=O)c2ccccc2N2C(=O)c3ccccc3[C@H]12)N[C@H]1CCCc2c1[nH]c1ccccc21. The maximum absolute atomic E-state index is 13.6. The van der Waals surface area contributed by atoms with E-state index >= 15 is 0 Å². The quantitative estimate of drug-likeness (QED) is 0.428. The van der Waals surface area contributed by atoms with Crippen LogP contribution < -0.4 is 10.2 Å². The molecule has 7 heteroatoms. The number of aryl methyl sites for hydroxylation is 1. The summed E-state index contributed by atoms with van der Waals surface area (Å²) in [6, 6.07) is 22.8. The summed E-state index contributed by atoms with van der Waals surface area (Å²) in [6.07, 6.45) is 2.49. The molecular weight excluding hydrogens is 464 g/mol. The van der Waals surface area contributed by atoms with Gasteiger partial charge in [-0.15, -0.1) is 0 Å². The van der Waals surface area contributed by atoms with E-state index in [0.717, 1.165) is 36.0 Å². The zero-order valence-electron chi connectivity index (χ0n) is 20.2. The Labute approximate surface area is 214 Å². The van der Waals surface area contributed by atoms with Gasteiger partial charge in [-0.05, 0) is 49.1 Å². The summed E-state index contributed by atoms with van der Waals surface area (Å²) in [7, 11) is 0. The molecule has 7 nitrogen and oxygen atoms in total. The van der Waals surface area contributed by atoms with Gasteiger partial charge in [0.15, 0.2) is 0 Å². The number of H-pyrrole nitrogens is 1. The Morgan fingerprint density at radius 2 is 1.68 bits per heavy atom. The summed E-state index contributed by atoms with van der Waals surface area (Å²) in [4.78, 5) is 47.0. The molecule has 3 amide bonds. The van der Waals surface area contributed by atoms with Crippen molar-refractivity contribution in [3.05, 3.63) is 101 Å². The molecule has 0 radical (unpaired) electrons. The van der Waals surface area contributed by atoms with Gasteiger partial charge in [0.25, 0.3) is 11.8 Å². The highest BCUT2D eigenvalue weighted by Gasteiger charge is 2.47. The third kappa shape index (κ3) is 3.30. The molecule has 3 heterocycles. The van der Waals surface area contributed by atoms with Crippen molar-refractivity contribution in [3.8, 4) is 0 Å². The molecule has 0 saturated carbocycles. The first kappa shape index (κ1) is 21.9. The summed E-state index contributed by atoms with van der Waals surface area (Å²) < 4.78 is 0. The molecular formula is C30H26N4O3. The Morgan fingerprint density at radius 3 is 2.57 bits per heavy atom. The van der Waals surface area contributed by atoms with Crippen LogP contribution in [0.5, 0.6) is 0 Å². The highest BCUT2D eigenvalue weighted by molar-refractivity contribution is 6.16. The average Bonchev–Trinajstić information content (AvgIpc) is 3.45. The Hall–Kier alpha value is -4.39. The summed E-state index contributed by atoms with van der Waals surface area (Å²) >= 11 is 0. The third-order valence-electron chi connectivity index (χ3n) is 7.91. The molecule has 4 aromatic rings. The van der Waals surface area contributed by atoms with Crippen LogP contribution in [-0.2, 0) is 11.2 Å². The molecule has 3 aromatic carbocycles. The van der Waals surface area contributed by atoms with Crippen LogP contribution in [0.15, 0.2) is 72.8 Å². The van der Waals surface area contributed by atoms with Crippen molar-refractivity contribution in [2.45, 2.75) is 37.9 Å². The summed E-state index contributed by atoms with van der Waals surface area (Å²) in [5.41, 5.74) is 5.96. The molecule has 0 bridgehead atoms. The second kappa shape index (κ2) is 8.34. The molecule has 7 rings (SSSR count). The smallest absolute Gasteiger partial charge is 0.260 e. The number of nitrogens with zero attached hydrogens (tertiary/aromatic N) is 2. The van der Waals surface area contributed by atoms with E-state index in [9.17, 15) is 14.4 Å². The number of rotatable bonds is 4. The number of amides is 3. The number of benzene rings is 3. The van der Waals surface area contributed by atoms with Crippen molar-refractivity contribution in [3.63, 3.8) is 0 Å². The van der Waals surface area contributed by atoms with E-state index in [1.807, 2.05) is 42.5 Å². The van der Waals surface area contributed by atoms with Crippen molar-refractivity contribution in [1.29, 1.82) is 0 Å². The lowest BCUT2D eigenvalue weighted by molar-refractivity contribution is -0.122. The molecule has 0 spiro atoms. The number of carbonyl (C=O) groups excluding carboxylic acids is 3. The van der Waals surface area contributed by atoms with E-state index in [2.05, 4.69) is 22.4 Å². The lowest BCUT2D eigenvalue weighted by Gasteiger charge is -2.40. The van der Waals surface area contributed by atoms with Crippen LogP contribution in [0.3, 0.4) is 0 Å². The highest BCUT2D eigenvalue weighted by Crippen LogP contribution is 2.45. The van der Waals surface area contributed by atoms with Gasteiger partial charge in [-0.25, -0.2) is 0 Å². The minimum atomic E-state index is -0.547. The molecule has 2 aliphatic heterocycles. The van der Waals surface area contributed by atoms with Crippen LogP contribution in [0.2, 0.25) is 0 Å². The minimum Gasteiger partial charge on any atom is -0.356 e. The van der Waals surface area contributed by atoms with Gasteiger partial charge in [-0.1, -0.05) is 48.5 Å². The van der Waals surface area contributed by atoms with Crippen LogP contribution in [0, 0.1) is 0 Å². The molecule has 0 fully saturated rings. The number of aromatic nitrogens is 1. The number of aromatic amines is 1. The maximum atomic E-state index is 13.6. The van der Waals surface area contributed by atoms with E-state index in [1.54, 1.807) is 28.0 Å². The second-order valence-electron chi connectivity index (χ2n) is 9.98. The zero-order valence-corrected chi connectivity index (χ0v) is 20.2. The number of fused-ring (bicyclic) bond motifs is 8. The van der Waals surface area contributed by atoms with Gasteiger partial charge in [0.2, 0.25) is 5.91 Å². The number of nitrogens with one attached hydrogen (secondary N) is 2. The van der Waals surface area contributed by atoms with Crippen molar-refractivity contribution in [2.24, 2.45) is 0 Å². The van der Waals surface area contributed by atoms with E-state index < -0.39 is 6.17 Å². The van der Waals surface area contributed by atoms with Crippen molar-refractivity contribution in [2.75, 3.05) is 11.4 Å².